The molecule has 9 nitrogen and oxygen atoms in total. The maximum atomic E-state index is 13.6. The molecule has 4 heterocycles. The molecule has 5 rings (SSSR count). The van der Waals surface area contributed by atoms with Crippen LogP contribution in [0.2, 0.25) is 0 Å². The second-order valence-electron chi connectivity index (χ2n) is 8.30. The summed E-state index contributed by atoms with van der Waals surface area (Å²) in [6.45, 7) is 5.45. The Hall–Kier alpha value is -4.09. The minimum absolute atomic E-state index is 0.0572. The quantitative estimate of drug-likeness (QED) is 0.206. The highest BCUT2D eigenvalue weighted by atomic mass is 32.1. The third kappa shape index (κ3) is 4.47. The molecule has 1 aliphatic heterocycles. The lowest BCUT2D eigenvalue weighted by atomic mass is 10.0. The van der Waals surface area contributed by atoms with Crippen molar-refractivity contribution in [3.8, 4) is 11.3 Å². The third-order valence-corrected chi connectivity index (χ3v) is 7.75. The van der Waals surface area contributed by atoms with Crippen LogP contribution in [0.25, 0.3) is 17.4 Å². The number of nitro groups is 1. The zero-order valence-electron chi connectivity index (χ0n) is 20.1. The number of nitro benzene ring substituents is 1. The summed E-state index contributed by atoms with van der Waals surface area (Å²) in [6.07, 6.45) is 1.59. The number of hydrogen-bond acceptors (Lipinski definition) is 9. The van der Waals surface area contributed by atoms with Crippen molar-refractivity contribution in [2.75, 3.05) is 6.61 Å². The summed E-state index contributed by atoms with van der Waals surface area (Å²) in [7, 11) is 0. The van der Waals surface area contributed by atoms with Crippen LogP contribution in [0.1, 0.15) is 36.1 Å². The number of benzene rings is 1. The molecule has 11 heteroatoms. The molecule has 1 unspecified atom stereocenters. The fraction of sp³-hybridized carbons (Fsp3) is 0.192. The number of allylic oxidation sites excluding steroid dienone is 1. The summed E-state index contributed by atoms with van der Waals surface area (Å²) >= 11 is 2.62. The van der Waals surface area contributed by atoms with Crippen molar-refractivity contribution in [1.29, 1.82) is 0 Å². The molecule has 3 aromatic heterocycles. The van der Waals surface area contributed by atoms with Gasteiger partial charge in [-0.15, -0.1) is 11.3 Å². The van der Waals surface area contributed by atoms with Crippen molar-refractivity contribution in [3.05, 3.63) is 105 Å². The van der Waals surface area contributed by atoms with E-state index in [2.05, 4.69) is 4.99 Å². The van der Waals surface area contributed by atoms with Gasteiger partial charge in [-0.3, -0.25) is 19.5 Å². The molecule has 1 aromatic carbocycles. The maximum absolute atomic E-state index is 13.6. The Kier molecular flexibility index (Phi) is 6.48. The van der Waals surface area contributed by atoms with Gasteiger partial charge in [-0.2, -0.15) is 0 Å². The zero-order chi connectivity index (χ0) is 26.3. The van der Waals surface area contributed by atoms with Gasteiger partial charge >= 0.3 is 5.97 Å². The van der Waals surface area contributed by atoms with E-state index in [1.54, 1.807) is 51.1 Å². The molecule has 0 aliphatic carbocycles. The molecular weight excluding hydrogens is 514 g/mol. The van der Waals surface area contributed by atoms with Gasteiger partial charge in [0.15, 0.2) is 4.80 Å². The van der Waals surface area contributed by atoms with Gasteiger partial charge in [-0.05, 0) is 56.0 Å². The van der Waals surface area contributed by atoms with Gasteiger partial charge in [0.25, 0.3) is 11.2 Å². The van der Waals surface area contributed by atoms with Crippen LogP contribution in [0, 0.1) is 17.0 Å². The number of thiophene rings is 1. The molecule has 37 heavy (non-hydrogen) atoms. The molecule has 0 spiro atoms. The van der Waals surface area contributed by atoms with Gasteiger partial charge in [0.2, 0.25) is 0 Å². The van der Waals surface area contributed by atoms with Crippen LogP contribution in [0.4, 0.5) is 5.69 Å². The van der Waals surface area contributed by atoms with Crippen LogP contribution in [-0.4, -0.2) is 22.1 Å². The van der Waals surface area contributed by atoms with E-state index >= 15 is 0 Å². The van der Waals surface area contributed by atoms with Crippen molar-refractivity contribution in [2.45, 2.75) is 26.8 Å². The number of carbonyl (C=O) groups is 1. The SMILES string of the molecule is CCOC(=O)C1=C(C)N=c2sc(=Cc3ccc(-c4ccc(C)cc4[N+](=O)[O-])o3)c(=O)n2C1c1cccs1. The maximum Gasteiger partial charge on any atom is 0.338 e. The van der Waals surface area contributed by atoms with Crippen molar-refractivity contribution in [2.24, 2.45) is 4.99 Å². The van der Waals surface area contributed by atoms with Crippen LogP contribution in [0.15, 0.2) is 73.3 Å². The van der Waals surface area contributed by atoms with Crippen molar-refractivity contribution in [3.63, 3.8) is 0 Å². The van der Waals surface area contributed by atoms with E-state index in [-0.39, 0.29) is 17.9 Å². The summed E-state index contributed by atoms with van der Waals surface area (Å²) in [6, 6.07) is 11.3. The molecule has 188 valence electrons. The predicted octanol–water partition coefficient (Wildman–Crippen LogP) is 4.34. The predicted molar refractivity (Wildman–Crippen MR) is 140 cm³/mol. The number of carbonyl (C=O) groups excluding carboxylic acids is 1. The molecule has 0 fully saturated rings. The summed E-state index contributed by atoms with van der Waals surface area (Å²) in [5, 5.41) is 13.4. The molecule has 0 bridgehead atoms. The van der Waals surface area contributed by atoms with Crippen LogP contribution in [0.5, 0.6) is 0 Å². The van der Waals surface area contributed by atoms with E-state index in [1.165, 1.54) is 33.3 Å². The fourth-order valence-corrected chi connectivity index (χ4v) is 6.06. The molecule has 0 saturated carbocycles. The first-order chi connectivity index (χ1) is 17.8. The number of aromatic nitrogens is 1. The van der Waals surface area contributed by atoms with Gasteiger partial charge in [-0.25, -0.2) is 9.79 Å². The molecular formula is C26H21N3O6S2. The molecule has 4 aromatic rings. The lowest BCUT2D eigenvalue weighted by Gasteiger charge is -2.23. The smallest absolute Gasteiger partial charge is 0.338 e. The Balaban J connectivity index is 1.62. The molecule has 0 saturated heterocycles. The Morgan fingerprint density at radius 1 is 1.27 bits per heavy atom. The van der Waals surface area contributed by atoms with Gasteiger partial charge in [0, 0.05) is 17.0 Å². The number of ether oxygens (including phenoxy) is 1. The number of thiazole rings is 1. The summed E-state index contributed by atoms with van der Waals surface area (Å²) in [4.78, 5) is 43.4. The number of hydrogen-bond donors (Lipinski definition) is 0. The van der Waals surface area contributed by atoms with Gasteiger partial charge in [0.05, 0.1) is 32.9 Å². The minimum atomic E-state index is -0.653. The van der Waals surface area contributed by atoms with Crippen LogP contribution in [-0.2, 0) is 9.53 Å². The van der Waals surface area contributed by atoms with Crippen LogP contribution >= 0.6 is 22.7 Å². The molecule has 0 amide bonds. The van der Waals surface area contributed by atoms with Crippen LogP contribution < -0.4 is 14.9 Å². The zero-order valence-corrected chi connectivity index (χ0v) is 21.7. The number of esters is 1. The van der Waals surface area contributed by atoms with E-state index < -0.39 is 16.9 Å². The Labute approximate surface area is 218 Å². The Morgan fingerprint density at radius 3 is 2.78 bits per heavy atom. The average Bonchev–Trinajstić information content (AvgIpc) is 3.60. The lowest BCUT2D eigenvalue weighted by Crippen LogP contribution is -2.39. The number of aryl methyl sites for hydroxylation is 1. The van der Waals surface area contributed by atoms with Gasteiger partial charge in [0.1, 0.15) is 17.6 Å². The van der Waals surface area contributed by atoms with E-state index in [4.69, 9.17) is 9.15 Å². The monoisotopic (exact) mass is 535 g/mol. The first-order valence-electron chi connectivity index (χ1n) is 11.4. The fourth-order valence-electron chi connectivity index (χ4n) is 4.21. The van der Waals surface area contributed by atoms with E-state index in [0.717, 1.165) is 10.4 Å². The second-order valence-corrected chi connectivity index (χ2v) is 10.3. The number of rotatable bonds is 6. The molecule has 0 N–H and O–H groups in total. The average molecular weight is 536 g/mol. The lowest BCUT2D eigenvalue weighted by molar-refractivity contribution is -0.384. The third-order valence-electron chi connectivity index (χ3n) is 5.85. The highest BCUT2D eigenvalue weighted by Crippen LogP contribution is 2.34. The van der Waals surface area contributed by atoms with E-state index in [0.29, 0.717) is 37.7 Å². The first-order valence-corrected chi connectivity index (χ1v) is 13.1. The Morgan fingerprint density at radius 2 is 2.08 bits per heavy atom. The minimum Gasteiger partial charge on any atom is -0.463 e. The van der Waals surface area contributed by atoms with E-state index in [1.807, 2.05) is 17.5 Å². The van der Waals surface area contributed by atoms with Crippen molar-refractivity contribution < 1.29 is 18.9 Å². The topological polar surface area (TPSA) is 117 Å². The number of furan rings is 1. The highest BCUT2D eigenvalue weighted by Gasteiger charge is 2.34. The standard InChI is InChI=1S/C26H21N3O6S2/c1-4-34-25(31)22-15(3)27-26-28(23(22)20-6-5-11-36-20)24(30)21(37-26)13-16-8-10-19(35-16)17-9-7-14(2)12-18(17)29(32)33/h5-13,23H,4H2,1-3H3. The molecule has 1 aliphatic rings. The largest absolute Gasteiger partial charge is 0.463 e. The highest BCUT2D eigenvalue weighted by molar-refractivity contribution is 7.10. The summed E-state index contributed by atoms with van der Waals surface area (Å²) in [5.74, 6) is 0.179. The Bertz CT molecular complexity index is 1740. The number of fused-ring (bicyclic) bond motifs is 1. The van der Waals surface area contributed by atoms with Crippen molar-refractivity contribution in [1.82, 2.24) is 4.57 Å². The van der Waals surface area contributed by atoms with Crippen molar-refractivity contribution >= 4 is 40.4 Å². The van der Waals surface area contributed by atoms with E-state index in [9.17, 15) is 19.7 Å². The first kappa shape index (κ1) is 24.6. The van der Waals surface area contributed by atoms with Gasteiger partial charge < -0.3 is 9.15 Å². The van der Waals surface area contributed by atoms with Crippen LogP contribution in [0.3, 0.4) is 0 Å². The number of nitrogens with zero attached hydrogens (tertiary/aromatic N) is 3. The normalized spacial score (nSPS) is 15.4. The van der Waals surface area contributed by atoms with Gasteiger partial charge in [-0.1, -0.05) is 23.5 Å². The molecule has 1 atom stereocenters. The summed E-state index contributed by atoms with van der Waals surface area (Å²) < 4.78 is 13.0. The second kappa shape index (κ2) is 9.75. The summed E-state index contributed by atoms with van der Waals surface area (Å²) in [5.41, 5.74) is 1.56. The molecule has 0 radical (unpaired) electrons.